The molecule has 12 nitrogen and oxygen atoms in total. The number of ether oxygens (including phenoxy) is 4. The van der Waals surface area contributed by atoms with Crippen molar-refractivity contribution in [3.63, 3.8) is 0 Å². The molecule has 0 spiro atoms. The third-order valence-electron chi connectivity index (χ3n) is 12.0. The molecule has 4 fully saturated rings. The molecule has 8 atom stereocenters. The number of carbonyl (C=O) groups is 4. The SMILES string of the molecule is C=C[C@@H]1C[C@]1(CC(=O)[C@@H]1C[C@@H](Oc2cc(-c3nc(C)cs3)nc3c(Cl)c(OCCOC)ccc23)CN1C(=O)[C@@H](CC(=O)OC1C[C@@H]2C[C@@H]2C1)C(C)(C)C)C(=O)O. The van der Waals surface area contributed by atoms with Gasteiger partial charge in [-0.2, -0.15) is 0 Å². The lowest BCUT2D eigenvalue weighted by molar-refractivity contribution is -0.157. The number of aryl methyl sites for hydroxylation is 1. The summed E-state index contributed by atoms with van der Waals surface area (Å²) < 4.78 is 23.6. The molecule has 300 valence electrons. The molecule has 1 amide bonds. The number of hydrogen-bond acceptors (Lipinski definition) is 11. The third-order valence-corrected chi connectivity index (χ3v) is 13.3. The first-order chi connectivity index (χ1) is 26.6. The van der Waals surface area contributed by atoms with Gasteiger partial charge in [0.25, 0.3) is 0 Å². The predicted molar refractivity (Wildman–Crippen MR) is 211 cm³/mol. The molecule has 3 saturated carbocycles. The van der Waals surface area contributed by atoms with Crippen LogP contribution in [0.5, 0.6) is 11.5 Å². The van der Waals surface area contributed by atoms with E-state index in [0.29, 0.717) is 58.0 Å². The van der Waals surface area contributed by atoms with Gasteiger partial charge in [-0.1, -0.05) is 38.4 Å². The van der Waals surface area contributed by atoms with E-state index in [1.165, 1.54) is 22.7 Å². The van der Waals surface area contributed by atoms with Crippen LogP contribution in [0.15, 0.2) is 36.2 Å². The van der Waals surface area contributed by atoms with Crippen LogP contribution in [-0.2, 0) is 28.7 Å². The lowest BCUT2D eigenvalue weighted by atomic mass is 9.77. The first-order valence-electron chi connectivity index (χ1n) is 19.3. The summed E-state index contributed by atoms with van der Waals surface area (Å²) in [7, 11) is 1.58. The van der Waals surface area contributed by atoms with Gasteiger partial charge < -0.3 is 29.0 Å². The number of Topliss-reactive ketones (excluding diaryl/α,β-unsaturated/α-hetero) is 1. The van der Waals surface area contributed by atoms with E-state index in [9.17, 15) is 24.3 Å². The Kier molecular flexibility index (Phi) is 11.3. The first-order valence-corrected chi connectivity index (χ1v) is 20.6. The molecule has 1 aliphatic heterocycles. The molecule has 7 rings (SSSR count). The lowest BCUT2D eigenvalue weighted by Crippen LogP contribution is -2.48. The number of fused-ring (bicyclic) bond motifs is 2. The number of pyridine rings is 1. The number of rotatable bonds is 16. The highest BCUT2D eigenvalue weighted by molar-refractivity contribution is 7.13. The largest absolute Gasteiger partial charge is 0.490 e. The zero-order valence-corrected chi connectivity index (χ0v) is 34.1. The Hall–Kier alpha value is -4.07. The standard InChI is InChI=1S/C42H50ClN3O9S/c1-7-25-18-42(25,40(50)51)19-32(47)31-15-27(20-46(31)39(49)29(41(3,4)5)16-35(48)55-26-13-23-12-24(23)14-26)54-34-17-30(38-44-22(2)21-56-38)45-37-28(34)8-9-33(36(37)43)53-11-10-52-6/h7-9,17,21,23-27,29,31H,1,10-16,18-20H2,2-6H3,(H,50,51)/t23-,24+,25-,26?,27-,29-,31+,42-/m1/s1. The van der Waals surface area contributed by atoms with Crippen molar-refractivity contribution < 1.29 is 43.2 Å². The highest BCUT2D eigenvalue weighted by atomic mass is 35.5. The van der Waals surface area contributed by atoms with Crippen LogP contribution >= 0.6 is 22.9 Å². The molecule has 0 radical (unpaired) electrons. The molecule has 2 aromatic heterocycles. The Bertz CT molecular complexity index is 2040. The summed E-state index contributed by atoms with van der Waals surface area (Å²) in [5, 5.41) is 13.6. The van der Waals surface area contributed by atoms with Gasteiger partial charge in [0.2, 0.25) is 5.91 Å². The van der Waals surface area contributed by atoms with Crippen LogP contribution in [0, 0.1) is 41.4 Å². The number of halogens is 1. The molecule has 3 heterocycles. The number of amides is 1. The number of aliphatic carboxylic acids is 1. The molecule has 56 heavy (non-hydrogen) atoms. The monoisotopic (exact) mass is 807 g/mol. The topological polar surface area (TPSA) is 154 Å². The lowest BCUT2D eigenvalue weighted by Gasteiger charge is -2.35. The van der Waals surface area contributed by atoms with E-state index in [1.54, 1.807) is 31.4 Å². The van der Waals surface area contributed by atoms with Crippen molar-refractivity contribution in [3.05, 3.63) is 47.0 Å². The maximum absolute atomic E-state index is 14.7. The number of nitrogens with zero attached hydrogens (tertiary/aromatic N) is 3. The van der Waals surface area contributed by atoms with Crippen molar-refractivity contribution in [2.24, 2.45) is 34.5 Å². The number of methoxy groups -OCH3 is 1. The minimum Gasteiger partial charge on any atom is -0.490 e. The third kappa shape index (κ3) is 8.17. The summed E-state index contributed by atoms with van der Waals surface area (Å²) >= 11 is 8.34. The average molecular weight is 808 g/mol. The van der Waals surface area contributed by atoms with Gasteiger partial charge in [0.1, 0.15) is 46.0 Å². The zero-order chi connectivity index (χ0) is 40.1. The van der Waals surface area contributed by atoms with E-state index in [-0.39, 0.29) is 61.1 Å². The number of carboxylic acids is 1. The molecular weight excluding hydrogens is 758 g/mol. The van der Waals surface area contributed by atoms with Gasteiger partial charge in [-0.3, -0.25) is 19.2 Å². The number of esters is 1. The Balaban J connectivity index is 1.20. The van der Waals surface area contributed by atoms with Crippen molar-refractivity contribution in [2.45, 2.75) is 90.9 Å². The van der Waals surface area contributed by atoms with Crippen LogP contribution in [0.25, 0.3) is 21.6 Å². The van der Waals surface area contributed by atoms with Crippen LogP contribution in [0.3, 0.4) is 0 Å². The van der Waals surface area contributed by atoms with Gasteiger partial charge in [-0.05, 0) is 67.9 Å². The quantitative estimate of drug-likeness (QED) is 0.0880. The van der Waals surface area contributed by atoms with Crippen molar-refractivity contribution in [1.82, 2.24) is 14.9 Å². The van der Waals surface area contributed by atoms with Crippen molar-refractivity contribution >= 4 is 57.5 Å². The molecule has 1 N–H and O–H groups in total. The molecule has 0 bridgehead atoms. The fraction of sp³-hybridized carbons (Fsp3) is 0.571. The molecule has 1 saturated heterocycles. The number of carbonyl (C=O) groups excluding carboxylic acids is 3. The van der Waals surface area contributed by atoms with E-state index in [1.807, 2.05) is 33.1 Å². The van der Waals surface area contributed by atoms with E-state index in [4.69, 9.17) is 35.5 Å². The second kappa shape index (κ2) is 15.7. The number of ketones is 1. The van der Waals surface area contributed by atoms with Crippen LogP contribution < -0.4 is 9.47 Å². The van der Waals surface area contributed by atoms with Gasteiger partial charge >= 0.3 is 11.9 Å². The van der Waals surface area contributed by atoms with Crippen LogP contribution in [-0.4, -0.2) is 88.7 Å². The van der Waals surface area contributed by atoms with Gasteiger partial charge in [0.05, 0.1) is 42.5 Å². The average Bonchev–Trinajstić information content (AvgIpc) is 3.83. The van der Waals surface area contributed by atoms with Crippen LogP contribution in [0.4, 0.5) is 0 Å². The van der Waals surface area contributed by atoms with Gasteiger partial charge in [-0.15, -0.1) is 17.9 Å². The van der Waals surface area contributed by atoms with Crippen LogP contribution in [0.2, 0.25) is 5.02 Å². The normalized spacial score (nSPS) is 27.1. The number of hydrogen-bond donors (Lipinski definition) is 1. The maximum Gasteiger partial charge on any atom is 0.310 e. The summed E-state index contributed by atoms with van der Waals surface area (Å²) in [6, 6.07) is 4.34. The smallest absolute Gasteiger partial charge is 0.310 e. The predicted octanol–water partition coefficient (Wildman–Crippen LogP) is 7.32. The highest BCUT2D eigenvalue weighted by Gasteiger charge is 2.61. The number of aromatic nitrogens is 2. The summed E-state index contributed by atoms with van der Waals surface area (Å²) in [4.78, 5) is 65.9. The second-order valence-corrected chi connectivity index (χ2v) is 18.2. The Labute approximate surface area is 335 Å². The Morgan fingerprint density at radius 3 is 2.46 bits per heavy atom. The van der Waals surface area contributed by atoms with Crippen LogP contribution in [0.1, 0.15) is 71.4 Å². The molecule has 14 heteroatoms. The Morgan fingerprint density at radius 2 is 1.84 bits per heavy atom. The fourth-order valence-electron chi connectivity index (χ4n) is 8.56. The summed E-state index contributed by atoms with van der Waals surface area (Å²) in [6.07, 6.45) is 3.74. The summed E-state index contributed by atoms with van der Waals surface area (Å²) in [6.45, 7) is 12.0. The number of allylic oxidation sites excluding steroid dienone is 1. The van der Waals surface area contributed by atoms with Gasteiger partial charge in [-0.25, -0.2) is 9.97 Å². The highest BCUT2D eigenvalue weighted by Crippen LogP contribution is 2.57. The molecule has 4 aliphatic rings. The van der Waals surface area contributed by atoms with Crippen molar-refractivity contribution in [1.29, 1.82) is 0 Å². The molecule has 1 unspecified atom stereocenters. The minimum absolute atomic E-state index is 0.0370. The minimum atomic E-state index is -1.26. The summed E-state index contributed by atoms with van der Waals surface area (Å²) in [5.41, 5.74) is -0.134. The van der Waals surface area contributed by atoms with Gasteiger partial charge in [0.15, 0.2) is 5.78 Å². The van der Waals surface area contributed by atoms with Crippen molar-refractivity contribution in [2.75, 3.05) is 26.9 Å². The molecule has 3 aliphatic carbocycles. The van der Waals surface area contributed by atoms with Crippen molar-refractivity contribution in [3.8, 4) is 22.2 Å². The molecule has 1 aromatic carbocycles. The molecule has 3 aromatic rings. The summed E-state index contributed by atoms with van der Waals surface area (Å²) in [5.74, 6) is -1.24. The number of carboxylic acid groups (broad SMARTS) is 1. The number of thiazole rings is 1. The van der Waals surface area contributed by atoms with E-state index in [2.05, 4.69) is 11.6 Å². The second-order valence-electron chi connectivity index (χ2n) is 17.0. The first kappa shape index (κ1) is 40.1. The zero-order valence-electron chi connectivity index (χ0n) is 32.5. The number of benzene rings is 1. The number of likely N-dealkylation sites (tertiary alicyclic amines) is 1. The van der Waals surface area contributed by atoms with E-state index in [0.717, 1.165) is 18.5 Å². The van der Waals surface area contributed by atoms with E-state index >= 15 is 0 Å². The fourth-order valence-corrected chi connectivity index (χ4v) is 9.58. The van der Waals surface area contributed by atoms with Gasteiger partial charge in [0, 0.05) is 42.5 Å². The van der Waals surface area contributed by atoms with E-state index < -0.39 is 40.8 Å². The molecular formula is C42H50ClN3O9S. The maximum atomic E-state index is 14.7. The Morgan fingerprint density at radius 1 is 1.09 bits per heavy atom.